The van der Waals surface area contributed by atoms with E-state index < -0.39 is 11.7 Å². The highest BCUT2D eigenvalue weighted by Crippen LogP contribution is 2.32. The minimum Gasteiger partial charge on any atom is -0.309 e. The molecule has 0 saturated heterocycles. The molecule has 0 saturated carbocycles. The number of alkyl halides is 3. The number of rotatable bonds is 3. The number of hydrogen-bond donors (Lipinski definition) is 1. The molecule has 0 atom stereocenters. The fourth-order valence-corrected chi connectivity index (χ4v) is 3.54. The Morgan fingerprint density at radius 1 is 1.18 bits per heavy atom. The van der Waals surface area contributed by atoms with Gasteiger partial charge in [0, 0.05) is 17.0 Å². The van der Waals surface area contributed by atoms with Gasteiger partial charge in [-0.15, -0.1) is 11.8 Å². The van der Waals surface area contributed by atoms with Gasteiger partial charge >= 0.3 is 11.9 Å². The van der Waals surface area contributed by atoms with E-state index in [1.165, 1.54) is 23.9 Å². The lowest BCUT2D eigenvalue weighted by molar-refractivity contribution is -0.137. The maximum absolute atomic E-state index is 12.5. The normalized spacial score (nSPS) is 14.1. The number of fused-ring (bicyclic) bond motifs is 1. The van der Waals surface area contributed by atoms with Gasteiger partial charge < -0.3 is 4.98 Å². The van der Waals surface area contributed by atoms with Gasteiger partial charge in [-0.1, -0.05) is 12.1 Å². The Bertz CT molecular complexity index is 738. The van der Waals surface area contributed by atoms with E-state index in [9.17, 15) is 18.0 Å². The second kappa shape index (κ2) is 5.79. The van der Waals surface area contributed by atoms with E-state index in [0.29, 0.717) is 10.8 Å². The van der Waals surface area contributed by atoms with Gasteiger partial charge in [0.1, 0.15) is 5.03 Å². The first-order valence-corrected chi connectivity index (χ1v) is 7.83. The minimum absolute atomic E-state index is 0.365. The number of aryl methyl sites for hydroxylation is 1. The highest BCUT2D eigenvalue weighted by molar-refractivity contribution is 7.98. The summed E-state index contributed by atoms with van der Waals surface area (Å²) in [5.74, 6) is 0.487. The van der Waals surface area contributed by atoms with Crippen LogP contribution in [0.4, 0.5) is 13.2 Å². The Morgan fingerprint density at radius 3 is 2.59 bits per heavy atom. The third-order valence-corrected chi connectivity index (χ3v) is 4.68. The summed E-state index contributed by atoms with van der Waals surface area (Å²) in [6.07, 6.45) is -1.60. The van der Waals surface area contributed by atoms with E-state index >= 15 is 0 Å². The standard InChI is InChI=1S/C15H13F3N2OS/c16-15(17,18)10-6-4-9(5-7-10)8-22-13-11-2-1-3-12(11)19-14(21)20-13/h4-7H,1-3,8H2,(H,19,20,21). The van der Waals surface area contributed by atoms with Crippen LogP contribution >= 0.6 is 11.8 Å². The lowest BCUT2D eigenvalue weighted by Gasteiger charge is -2.08. The number of H-pyrrole nitrogens is 1. The predicted octanol–water partition coefficient (Wildman–Crippen LogP) is 3.57. The van der Waals surface area contributed by atoms with Gasteiger partial charge in [-0.3, -0.25) is 0 Å². The van der Waals surface area contributed by atoms with Crippen molar-refractivity contribution in [3.63, 3.8) is 0 Å². The summed E-state index contributed by atoms with van der Waals surface area (Å²) in [5.41, 5.74) is 1.75. The third kappa shape index (κ3) is 3.19. The number of hydrogen-bond acceptors (Lipinski definition) is 3. The van der Waals surface area contributed by atoms with Crippen LogP contribution in [0.25, 0.3) is 0 Å². The van der Waals surface area contributed by atoms with Crippen molar-refractivity contribution < 1.29 is 13.2 Å². The van der Waals surface area contributed by atoms with E-state index in [1.807, 2.05) is 0 Å². The molecule has 1 N–H and O–H groups in total. The zero-order valence-corrected chi connectivity index (χ0v) is 12.4. The zero-order chi connectivity index (χ0) is 15.7. The van der Waals surface area contributed by atoms with Crippen molar-refractivity contribution in [3.8, 4) is 0 Å². The molecule has 22 heavy (non-hydrogen) atoms. The van der Waals surface area contributed by atoms with Crippen molar-refractivity contribution >= 4 is 11.8 Å². The summed E-state index contributed by atoms with van der Waals surface area (Å²) in [6.45, 7) is 0. The van der Waals surface area contributed by atoms with Gasteiger partial charge in [0.25, 0.3) is 0 Å². The average molecular weight is 326 g/mol. The molecule has 2 aromatic rings. The SMILES string of the molecule is O=c1nc(SCc2ccc(C(F)(F)F)cc2)c2c([nH]1)CCC2. The van der Waals surface area contributed by atoms with Gasteiger partial charge in [-0.25, -0.2) is 4.79 Å². The highest BCUT2D eigenvalue weighted by Gasteiger charge is 2.29. The molecule has 0 bridgehead atoms. The molecule has 0 spiro atoms. The first-order chi connectivity index (χ1) is 10.4. The van der Waals surface area contributed by atoms with Crippen molar-refractivity contribution in [1.29, 1.82) is 0 Å². The number of halogens is 3. The minimum atomic E-state index is -4.32. The second-order valence-electron chi connectivity index (χ2n) is 5.14. The highest BCUT2D eigenvalue weighted by atomic mass is 32.2. The number of aromatic nitrogens is 2. The van der Waals surface area contributed by atoms with Gasteiger partial charge in [0.05, 0.1) is 5.56 Å². The summed E-state index contributed by atoms with van der Waals surface area (Å²) in [6, 6.07) is 5.07. The van der Waals surface area contributed by atoms with E-state index in [4.69, 9.17) is 0 Å². The molecule has 0 amide bonds. The van der Waals surface area contributed by atoms with E-state index in [1.54, 1.807) is 0 Å². The van der Waals surface area contributed by atoms with Gasteiger partial charge in [0.2, 0.25) is 0 Å². The van der Waals surface area contributed by atoms with E-state index in [-0.39, 0.29) is 5.69 Å². The molecule has 0 aliphatic heterocycles. The first-order valence-electron chi connectivity index (χ1n) is 6.84. The Balaban J connectivity index is 1.75. The lowest BCUT2D eigenvalue weighted by Crippen LogP contribution is -2.14. The third-order valence-electron chi connectivity index (χ3n) is 3.59. The molecule has 1 heterocycles. The lowest BCUT2D eigenvalue weighted by atomic mass is 10.1. The van der Waals surface area contributed by atoms with Gasteiger partial charge in [-0.05, 0) is 37.0 Å². The molecule has 7 heteroatoms. The summed E-state index contributed by atoms with van der Waals surface area (Å²) < 4.78 is 37.5. The zero-order valence-electron chi connectivity index (χ0n) is 11.5. The molecule has 0 radical (unpaired) electrons. The number of benzene rings is 1. The van der Waals surface area contributed by atoms with Crippen LogP contribution in [0.1, 0.15) is 28.8 Å². The van der Waals surface area contributed by atoms with Crippen molar-refractivity contribution in [2.24, 2.45) is 0 Å². The predicted molar refractivity (Wildman–Crippen MR) is 77.9 cm³/mol. The van der Waals surface area contributed by atoms with Crippen molar-refractivity contribution in [3.05, 3.63) is 57.1 Å². The monoisotopic (exact) mass is 326 g/mol. The van der Waals surface area contributed by atoms with Crippen LogP contribution in [0.15, 0.2) is 34.1 Å². The molecule has 1 aliphatic rings. The smallest absolute Gasteiger partial charge is 0.309 e. The molecule has 1 aromatic heterocycles. The van der Waals surface area contributed by atoms with E-state index in [0.717, 1.165) is 48.2 Å². The van der Waals surface area contributed by atoms with Crippen LogP contribution in [0.2, 0.25) is 0 Å². The summed E-state index contributed by atoms with van der Waals surface area (Å²) in [5, 5.41) is 0.691. The second-order valence-corrected chi connectivity index (χ2v) is 6.11. The molecular formula is C15H13F3N2OS. The quantitative estimate of drug-likeness (QED) is 0.693. The van der Waals surface area contributed by atoms with Crippen LogP contribution in [0.5, 0.6) is 0 Å². The first kappa shape index (κ1) is 15.1. The topological polar surface area (TPSA) is 45.8 Å². The Morgan fingerprint density at radius 2 is 1.91 bits per heavy atom. The molecule has 116 valence electrons. The molecule has 3 nitrogen and oxygen atoms in total. The summed E-state index contributed by atoms with van der Waals surface area (Å²) in [7, 11) is 0. The van der Waals surface area contributed by atoms with Crippen LogP contribution in [0.3, 0.4) is 0 Å². The average Bonchev–Trinajstić information content (AvgIpc) is 2.92. The summed E-state index contributed by atoms with van der Waals surface area (Å²) >= 11 is 1.39. The van der Waals surface area contributed by atoms with Gasteiger partial charge in [-0.2, -0.15) is 18.2 Å². The number of nitrogens with zero attached hydrogens (tertiary/aromatic N) is 1. The molecule has 0 unspecified atom stereocenters. The van der Waals surface area contributed by atoms with Gasteiger partial charge in [0.15, 0.2) is 0 Å². The van der Waals surface area contributed by atoms with Crippen LogP contribution in [-0.2, 0) is 24.8 Å². The van der Waals surface area contributed by atoms with Crippen molar-refractivity contribution in [2.75, 3.05) is 0 Å². The Kier molecular flexibility index (Phi) is 3.99. The van der Waals surface area contributed by atoms with Crippen LogP contribution in [-0.4, -0.2) is 9.97 Å². The molecular weight excluding hydrogens is 313 g/mol. The largest absolute Gasteiger partial charge is 0.416 e. The number of thioether (sulfide) groups is 1. The maximum Gasteiger partial charge on any atom is 0.416 e. The molecule has 0 fully saturated rings. The number of nitrogens with one attached hydrogen (secondary N) is 1. The van der Waals surface area contributed by atoms with Crippen molar-refractivity contribution in [2.45, 2.75) is 36.2 Å². The van der Waals surface area contributed by atoms with Crippen LogP contribution < -0.4 is 5.69 Å². The summed E-state index contributed by atoms with van der Waals surface area (Å²) in [4.78, 5) is 18.2. The van der Waals surface area contributed by atoms with E-state index in [2.05, 4.69) is 9.97 Å². The fourth-order valence-electron chi connectivity index (χ4n) is 2.50. The molecule has 1 aromatic carbocycles. The Hall–Kier alpha value is -1.76. The maximum atomic E-state index is 12.5. The number of aromatic amines is 1. The molecule has 3 rings (SSSR count). The Labute approximate surface area is 129 Å². The molecule has 1 aliphatic carbocycles. The fraction of sp³-hybridized carbons (Fsp3) is 0.333. The van der Waals surface area contributed by atoms with Crippen molar-refractivity contribution in [1.82, 2.24) is 9.97 Å². The van der Waals surface area contributed by atoms with Crippen LogP contribution in [0, 0.1) is 0 Å².